The molecule has 0 aliphatic carbocycles. The van der Waals surface area contributed by atoms with Crippen LogP contribution in [0.5, 0.6) is 5.75 Å². The molecule has 1 aromatic heterocycles. The van der Waals surface area contributed by atoms with Gasteiger partial charge in [0.1, 0.15) is 17.6 Å². The van der Waals surface area contributed by atoms with Gasteiger partial charge in [0.15, 0.2) is 6.61 Å². The van der Waals surface area contributed by atoms with E-state index in [2.05, 4.69) is 10.1 Å². The fourth-order valence-electron chi connectivity index (χ4n) is 3.16. The summed E-state index contributed by atoms with van der Waals surface area (Å²) in [6.07, 6.45) is 2.27. The van der Waals surface area contributed by atoms with Crippen LogP contribution in [0.2, 0.25) is 0 Å². The Hall–Kier alpha value is -3.32. The van der Waals surface area contributed by atoms with Gasteiger partial charge in [-0.05, 0) is 54.5 Å². The zero-order valence-electron chi connectivity index (χ0n) is 18.8. The van der Waals surface area contributed by atoms with Crippen LogP contribution in [0.3, 0.4) is 0 Å². The van der Waals surface area contributed by atoms with Crippen molar-refractivity contribution in [3.8, 4) is 17.0 Å². The van der Waals surface area contributed by atoms with Crippen molar-refractivity contribution in [1.29, 1.82) is 0 Å². The first kappa shape index (κ1) is 24.3. The topological polar surface area (TPSA) is 81.0 Å². The Kier molecular flexibility index (Phi) is 9.32. The second-order valence-electron chi connectivity index (χ2n) is 7.28. The van der Waals surface area contributed by atoms with E-state index in [-0.39, 0.29) is 0 Å². The van der Waals surface area contributed by atoms with Crippen molar-refractivity contribution >= 4 is 23.4 Å². The standard InChI is InChI=1S/C26H28N2O4S/c1-3-33-25(26(29)30)18-20-7-13-23(14-8-20)31-16-17-32-28-19(2)21-9-11-22(12-10-21)24-6-4-5-15-27-24/h4-15,25H,3,16-18H2,1-2H3,(H,29,30). The van der Waals surface area contributed by atoms with Crippen molar-refractivity contribution < 1.29 is 19.5 Å². The van der Waals surface area contributed by atoms with Gasteiger partial charge >= 0.3 is 5.97 Å². The van der Waals surface area contributed by atoms with Gasteiger partial charge in [-0.3, -0.25) is 9.78 Å². The maximum absolute atomic E-state index is 11.3. The highest BCUT2D eigenvalue weighted by Crippen LogP contribution is 2.20. The molecular formula is C26H28N2O4S. The molecule has 2 aromatic carbocycles. The fourth-order valence-corrected chi connectivity index (χ4v) is 4.02. The molecule has 172 valence electrons. The molecule has 1 unspecified atom stereocenters. The molecule has 0 aliphatic heterocycles. The van der Waals surface area contributed by atoms with Crippen LogP contribution in [0.4, 0.5) is 0 Å². The predicted octanol–water partition coefficient (Wildman–Crippen LogP) is 5.32. The van der Waals surface area contributed by atoms with E-state index >= 15 is 0 Å². The van der Waals surface area contributed by atoms with Crippen LogP contribution in [-0.2, 0) is 16.1 Å². The van der Waals surface area contributed by atoms with Gasteiger partial charge < -0.3 is 14.7 Å². The van der Waals surface area contributed by atoms with Crippen LogP contribution in [0.25, 0.3) is 11.3 Å². The Balaban J connectivity index is 1.42. The highest BCUT2D eigenvalue weighted by Gasteiger charge is 2.17. The largest absolute Gasteiger partial charge is 0.490 e. The molecule has 1 heterocycles. The van der Waals surface area contributed by atoms with Crippen LogP contribution >= 0.6 is 11.8 Å². The minimum atomic E-state index is -0.778. The Labute approximate surface area is 198 Å². The summed E-state index contributed by atoms with van der Waals surface area (Å²) >= 11 is 1.44. The molecule has 0 amide bonds. The van der Waals surface area contributed by atoms with Crippen LogP contribution in [0.15, 0.2) is 78.1 Å². The van der Waals surface area contributed by atoms with Gasteiger partial charge in [-0.2, -0.15) is 0 Å². The van der Waals surface area contributed by atoms with E-state index in [1.54, 1.807) is 6.20 Å². The quantitative estimate of drug-likeness (QED) is 0.222. The molecule has 1 atom stereocenters. The number of rotatable bonds is 12. The van der Waals surface area contributed by atoms with Gasteiger partial charge in [0.25, 0.3) is 0 Å². The minimum Gasteiger partial charge on any atom is -0.490 e. The fraction of sp³-hybridized carbons (Fsp3) is 0.269. The van der Waals surface area contributed by atoms with Crippen molar-refractivity contribution in [1.82, 2.24) is 4.98 Å². The van der Waals surface area contributed by atoms with E-state index in [0.29, 0.717) is 25.4 Å². The Bertz CT molecular complexity index is 1040. The number of benzene rings is 2. The van der Waals surface area contributed by atoms with Crippen molar-refractivity contribution in [2.75, 3.05) is 19.0 Å². The van der Waals surface area contributed by atoms with Crippen LogP contribution in [0, 0.1) is 0 Å². The molecule has 1 N–H and O–H groups in total. The third-order valence-electron chi connectivity index (χ3n) is 4.90. The number of thioether (sulfide) groups is 1. The first-order valence-corrected chi connectivity index (χ1v) is 11.9. The lowest BCUT2D eigenvalue weighted by molar-refractivity contribution is -0.136. The number of carboxylic acid groups (broad SMARTS) is 1. The molecule has 7 heteroatoms. The predicted molar refractivity (Wildman–Crippen MR) is 133 cm³/mol. The van der Waals surface area contributed by atoms with E-state index in [4.69, 9.17) is 9.57 Å². The summed E-state index contributed by atoms with van der Waals surface area (Å²) in [5, 5.41) is 13.0. The number of carboxylic acids is 1. The molecule has 0 saturated heterocycles. The average molecular weight is 465 g/mol. The lowest BCUT2D eigenvalue weighted by Gasteiger charge is -2.11. The van der Waals surface area contributed by atoms with Gasteiger partial charge in [-0.15, -0.1) is 11.8 Å². The maximum Gasteiger partial charge on any atom is 0.316 e. The van der Waals surface area contributed by atoms with Gasteiger partial charge in [0.2, 0.25) is 0 Å². The van der Waals surface area contributed by atoms with E-state index < -0.39 is 11.2 Å². The summed E-state index contributed by atoms with van der Waals surface area (Å²) in [6.45, 7) is 4.54. The van der Waals surface area contributed by atoms with Gasteiger partial charge in [-0.25, -0.2) is 0 Å². The highest BCUT2D eigenvalue weighted by molar-refractivity contribution is 8.00. The number of oxime groups is 1. The van der Waals surface area contributed by atoms with E-state index in [1.165, 1.54) is 11.8 Å². The number of carbonyl (C=O) groups is 1. The van der Waals surface area contributed by atoms with Gasteiger partial charge in [0, 0.05) is 11.8 Å². The summed E-state index contributed by atoms with van der Waals surface area (Å²) in [5.74, 6) is 0.707. The second-order valence-corrected chi connectivity index (χ2v) is 8.76. The molecule has 0 saturated carbocycles. The molecule has 0 aliphatic rings. The summed E-state index contributed by atoms with van der Waals surface area (Å²) < 4.78 is 5.69. The lowest BCUT2D eigenvalue weighted by Crippen LogP contribution is -2.19. The number of pyridine rings is 1. The summed E-state index contributed by atoms with van der Waals surface area (Å²) in [5.41, 5.74) is 4.72. The van der Waals surface area contributed by atoms with Crippen molar-refractivity contribution in [2.45, 2.75) is 25.5 Å². The summed E-state index contributed by atoms with van der Waals surface area (Å²) in [7, 11) is 0. The van der Waals surface area contributed by atoms with E-state index in [0.717, 1.165) is 33.8 Å². The van der Waals surface area contributed by atoms with Crippen LogP contribution in [-0.4, -0.2) is 46.0 Å². The zero-order chi connectivity index (χ0) is 23.5. The maximum atomic E-state index is 11.3. The summed E-state index contributed by atoms with van der Waals surface area (Å²) in [4.78, 5) is 21.1. The van der Waals surface area contributed by atoms with Gasteiger partial charge in [0.05, 0.1) is 11.4 Å². The zero-order valence-corrected chi connectivity index (χ0v) is 19.6. The van der Waals surface area contributed by atoms with Crippen molar-refractivity contribution in [2.24, 2.45) is 5.16 Å². The van der Waals surface area contributed by atoms with Gasteiger partial charge in [-0.1, -0.05) is 54.5 Å². The molecule has 3 aromatic rings. The third-order valence-corrected chi connectivity index (χ3v) is 6.00. The number of aliphatic carboxylic acids is 1. The second kappa shape index (κ2) is 12.6. The highest BCUT2D eigenvalue weighted by atomic mass is 32.2. The molecule has 33 heavy (non-hydrogen) atoms. The third kappa shape index (κ3) is 7.64. The Morgan fingerprint density at radius 2 is 1.82 bits per heavy atom. The Morgan fingerprint density at radius 3 is 2.45 bits per heavy atom. The molecule has 0 radical (unpaired) electrons. The van der Waals surface area contributed by atoms with E-state index in [9.17, 15) is 9.90 Å². The number of aromatic nitrogens is 1. The number of hydrogen-bond acceptors (Lipinski definition) is 6. The normalized spacial score (nSPS) is 12.2. The van der Waals surface area contributed by atoms with Crippen molar-refractivity contribution in [3.05, 3.63) is 84.1 Å². The first-order valence-electron chi connectivity index (χ1n) is 10.8. The number of ether oxygens (including phenoxy) is 1. The number of nitrogens with zero attached hydrogens (tertiary/aromatic N) is 2. The summed E-state index contributed by atoms with van der Waals surface area (Å²) in [6, 6.07) is 21.4. The molecular weight excluding hydrogens is 436 g/mol. The van der Waals surface area contributed by atoms with Crippen LogP contribution in [0.1, 0.15) is 25.0 Å². The van der Waals surface area contributed by atoms with Crippen LogP contribution < -0.4 is 4.74 Å². The molecule has 0 spiro atoms. The SMILES string of the molecule is CCSC(Cc1ccc(OCCON=C(C)c2ccc(-c3ccccn3)cc2)cc1)C(=O)O. The Morgan fingerprint density at radius 1 is 1.06 bits per heavy atom. The molecule has 3 rings (SSSR count). The lowest BCUT2D eigenvalue weighted by atomic mass is 10.1. The number of hydrogen-bond donors (Lipinski definition) is 1. The van der Waals surface area contributed by atoms with Crippen molar-refractivity contribution in [3.63, 3.8) is 0 Å². The minimum absolute atomic E-state index is 0.319. The smallest absolute Gasteiger partial charge is 0.316 e. The average Bonchev–Trinajstić information content (AvgIpc) is 2.85. The molecule has 0 bridgehead atoms. The monoisotopic (exact) mass is 464 g/mol. The molecule has 6 nitrogen and oxygen atoms in total. The first-order chi connectivity index (χ1) is 16.1. The molecule has 0 fully saturated rings. The van der Waals surface area contributed by atoms with E-state index in [1.807, 2.05) is 80.6 Å².